The number of carbonyl (C=O) groups is 5. The first kappa shape index (κ1) is 81.3. The van der Waals surface area contributed by atoms with Gasteiger partial charge in [0.15, 0.2) is 65.7 Å². The summed E-state index contributed by atoms with van der Waals surface area (Å²) in [5.41, 5.74) is -19.6. The van der Waals surface area contributed by atoms with Crippen LogP contribution in [0.3, 0.4) is 0 Å². The minimum absolute atomic E-state index is 0.00134. The second kappa shape index (κ2) is 29.5. The minimum atomic E-state index is -3.19. The summed E-state index contributed by atoms with van der Waals surface area (Å²) in [5.74, 6) is -16.6. The van der Waals surface area contributed by atoms with Gasteiger partial charge in [0.25, 0.3) is 0 Å². The molecule has 8 fully saturated rings. The molecule has 0 radical (unpaired) electrons. The van der Waals surface area contributed by atoms with Gasteiger partial charge in [-0.25, -0.2) is 0 Å². The van der Waals surface area contributed by atoms with Gasteiger partial charge < -0.3 is 143 Å². The van der Waals surface area contributed by atoms with Gasteiger partial charge in [-0.1, -0.05) is 26.7 Å². The number of phenols is 4. The Kier molecular flexibility index (Phi) is 21.6. The lowest BCUT2D eigenvalue weighted by Crippen LogP contribution is -2.80. The number of carbonyl (C=O) groups excluding carboxylic acids is 5. The summed E-state index contributed by atoms with van der Waals surface area (Å²) >= 11 is 0. The summed E-state index contributed by atoms with van der Waals surface area (Å²) in [6.07, 6.45) is -33.1. The highest BCUT2D eigenvalue weighted by atomic mass is 16.7. The third kappa shape index (κ3) is 12.0. The monoisotopic (exact) mass is 1570 g/mol. The van der Waals surface area contributed by atoms with Crippen molar-refractivity contribution in [3.63, 3.8) is 0 Å². The maximum absolute atomic E-state index is 16.2. The van der Waals surface area contributed by atoms with Crippen LogP contribution in [0.2, 0.25) is 0 Å². The molecule has 13 unspecified atom stereocenters. The molecule has 612 valence electrons. The van der Waals surface area contributed by atoms with Crippen LogP contribution in [0, 0.1) is 11.8 Å². The molecule has 34 nitrogen and oxygen atoms in total. The second-order valence-electron chi connectivity index (χ2n) is 31.7. The number of aromatic hydroxyl groups is 4. The van der Waals surface area contributed by atoms with E-state index in [2.05, 4.69) is 0 Å². The fourth-order valence-corrected chi connectivity index (χ4v) is 19.8. The van der Waals surface area contributed by atoms with Crippen LogP contribution in [0.1, 0.15) is 197 Å². The molecule has 2 saturated carbocycles. The fraction of sp³-hybridized carbons (Fsp3) is 0.701. The van der Waals surface area contributed by atoms with Gasteiger partial charge in [-0.15, -0.1) is 0 Å². The van der Waals surface area contributed by atoms with E-state index in [1.54, 1.807) is 34.6 Å². The van der Waals surface area contributed by atoms with Crippen molar-refractivity contribution in [2.45, 2.75) is 308 Å². The van der Waals surface area contributed by atoms with Crippen LogP contribution in [0.25, 0.3) is 16.3 Å². The number of hydrogen-bond acceptors (Lipinski definition) is 34. The number of hydrogen-bond donors (Lipinski definition) is 15. The van der Waals surface area contributed by atoms with E-state index in [4.69, 9.17) is 66.3 Å². The zero-order valence-corrected chi connectivity index (χ0v) is 63.2. The molecule has 34 heteroatoms. The summed E-state index contributed by atoms with van der Waals surface area (Å²) in [4.78, 5) is 76.4. The summed E-state index contributed by atoms with van der Waals surface area (Å²) < 4.78 is 87.2. The molecule has 6 saturated heterocycles. The van der Waals surface area contributed by atoms with Gasteiger partial charge in [-0.05, 0) is 91.7 Å². The number of aliphatic hydroxyl groups excluding tert-OH is 7. The molecule has 6 heterocycles. The van der Waals surface area contributed by atoms with Crippen LogP contribution in [0.4, 0.5) is 0 Å². The molecule has 111 heavy (non-hydrogen) atoms. The van der Waals surface area contributed by atoms with Crippen molar-refractivity contribution in [2.75, 3.05) is 21.3 Å². The number of benzene rings is 3. The Hall–Kier alpha value is -6.27. The Morgan fingerprint density at radius 3 is 1.65 bits per heavy atom. The predicted molar refractivity (Wildman–Crippen MR) is 374 cm³/mol. The molecule has 11 aliphatic rings. The van der Waals surface area contributed by atoms with Crippen LogP contribution < -0.4 is 9.47 Å². The molecular weight excluding hydrogens is 1470 g/mol. The topological polar surface area (TPSA) is 518 Å². The lowest BCUT2D eigenvalue weighted by Gasteiger charge is -2.60. The zero-order valence-electron chi connectivity index (χ0n) is 63.2. The molecule has 3 aromatic carbocycles. The van der Waals surface area contributed by atoms with Crippen LogP contribution in [0.5, 0.6) is 34.5 Å². The van der Waals surface area contributed by atoms with E-state index in [0.29, 0.717) is 0 Å². The average Bonchev–Trinajstić information content (AvgIpc) is 1.47. The van der Waals surface area contributed by atoms with Crippen molar-refractivity contribution in [3.8, 4) is 34.5 Å². The number of allylic oxidation sites excluding steroid dienone is 2. The lowest BCUT2D eigenvalue weighted by molar-refractivity contribution is -0.358. The van der Waals surface area contributed by atoms with Crippen molar-refractivity contribution in [1.82, 2.24) is 0 Å². The fourth-order valence-electron chi connectivity index (χ4n) is 19.8. The first-order valence-electron chi connectivity index (χ1n) is 38.0. The highest BCUT2D eigenvalue weighted by Crippen LogP contribution is 2.69. The van der Waals surface area contributed by atoms with Crippen LogP contribution in [-0.4, -0.2) is 290 Å². The van der Waals surface area contributed by atoms with Gasteiger partial charge in [0.05, 0.1) is 139 Å². The maximum Gasteiger partial charge on any atom is 0.232 e. The largest absolute Gasteiger partial charge is 0.507 e. The van der Waals surface area contributed by atoms with E-state index in [1.165, 1.54) is 26.8 Å². The highest BCUT2D eigenvalue weighted by molar-refractivity contribution is 6.43. The number of phenolic OH excluding ortho intramolecular Hbond substituents is 4. The molecule has 0 amide bonds. The molecule has 15 N–H and O–H groups in total. The van der Waals surface area contributed by atoms with Gasteiger partial charge in [-0.3, -0.25) is 24.0 Å². The predicted octanol–water partition coefficient (Wildman–Crippen LogP) is 1.53. The molecule has 4 bridgehead atoms. The van der Waals surface area contributed by atoms with Crippen molar-refractivity contribution < 1.29 is 167 Å². The average molecular weight is 1570 g/mol. The van der Waals surface area contributed by atoms with Crippen molar-refractivity contribution in [2.24, 2.45) is 11.8 Å². The van der Waals surface area contributed by atoms with Crippen LogP contribution in [0.15, 0.2) is 11.8 Å². The standard InChI is InChI=1S/C77H100O34/c1-12-19-74(95)71(109-40-17-15-38(27(4)102-40)106-41-18-21-73(94,30(7)78)31(8)105-41)61(90)64(107-42-24-36(80)53(82)28(5)103-42)34-23-32-22-33-45(55(84)44(32)69(92)76(34,74)96)56(85)49(67(100-11)63(33)98-9)48-57(86)46-47(60(89)66(48)99-10)58(87)50-51(59(46)88)70(93)77(97)52-65(50)111-75(77,20-13-2)72(110-39-16-14-35(79)26(3)101-39)62(91)68(52)108-43-25-37(81)54(83)29(6)104-43/h22,26-29,31,34-43,52-54,61-62,64-65,68,71-72,79-85,87-88,90-91,94-97H,12-21,23-25H2,1-11H3/t26-,27-,28+,29+,31+,34?,35+,36-,37-,38+,39+,40+,41+,42+,43+,52?,53+,54+,61?,62?,64?,65?,68?,71?,72?,73-,74?,75?,76?,77?/m1/s1. The molecular formula is C77H100O34. The van der Waals surface area contributed by atoms with Crippen molar-refractivity contribution in [1.29, 1.82) is 0 Å². The number of ether oxygens (including phenoxy) is 14. The normalized spacial score (nSPS) is 42.8. The van der Waals surface area contributed by atoms with Crippen molar-refractivity contribution >= 4 is 45.3 Å². The quantitative estimate of drug-likeness (QED) is 0.0757. The molecule has 0 spiro atoms. The van der Waals surface area contributed by atoms with Gasteiger partial charge >= 0.3 is 0 Å². The Morgan fingerprint density at radius 1 is 0.532 bits per heavy atom. The first-order valence-corrected chi connectivity index (χ1v) is 38.0. The van der Waals surface area contributed by atoms with Gasteiger partial charge in [0.1, 0.15) is 76.4 Å². The third-order valence-corrected chi connectivity index (χ3v) is 25.6. The van der Waals surface area contributed by atoms with Gasteiger partial charge in [0, 0.05) is 49.0 Å². The van der Waals surface area contributed by atoms with E-state index in [1.807, 2.05) is 0 Å². The summed E-state index contributed by atoms with van der Waals surface area (Å²) in [5, 5.41) is 183. The minimum Gasteiger partial charge on any atom is -0.507 e. The summed E-state index contributed by atoms with van der Waals surface area (Å²) in [6.45, 7) is 12.2. The molecule has 14 rings (SSSR count). The number of fused-ring (bicyclic) bond motifs is 6. The second-order valence-corrected chi connectivity index (χ2v) is 31.7. The number of aliphatic hydroxyl groups is 11. The van der Waals surface area contributed by atoms with E-state index in [9.17, 15) is 81.4 Å². The Morgan fingerprint density at radius 2 is 1.08 bits per heavy atom. The van der Waals surface area contributed by atoms with E-state index < -0.39 is 320 Å². The van der Waals surface area contributed by atoms with E-state index in [-0.39, 0.29) is 68.7 Å². The number of ketones is 5. The molecule has 30 atom stereocenters. The summed E-state index contributed by atoms with van der Waals surface area (Å²) in [6, 6.07) is 1.25. The Balaban J connectivity index is 0.865. The summed E-state index contributed by atoms with van der Waals surface area (Å²) in [7, 11) is 3.10. The number of rotatable bonds is 19. The smallest absolute Gasteiger partial charge is 0.232 e. The van der Waals surface area contributed by atoms with E-state index >= 15 is 19.2 Å². The van der Waals surface area contributed by atoms with Crippen LogP contribution >= 0.6 is 0 Å². The highest BCUT2D eigenvalue weighted by Gasteiger charge is 2.82. The Bertz CT molecular complexity index is 4220. The lowest BCUT2D eigenvalue weighted by atomic mass is 9.53. The Labute approximate surface area is 636 Å². The van der Waals surface area contributed by atoms with Gasteiger partial charge in [0.2, 0.25) is 23.1 Å². The number of methoxy groups -OCH3 is 3. The maximum atomic E-state index is 16.2. The SMILES string of the molecule is CCCC1(O)C(O[C@H]2CC[C@H](O[C@H]3CC[C@@](O)(C(C)=O)[C@H](C)O3)[C@@H](C)O2)C(O)C(O[C@H]2C[C@@H](O)[C@@H](O)[C@H](C)O2)C2Cc3cc4c(OC)c(OC)c(C5=C(OC)C(=O)c6c(O)c7c(c(O)c6C5=O)C(=O)C5(O)C6C7OC5(CCC)C(O[C@H]5CC[C@H](O)[C@@H](C)O5)C(O)C6O[C@H]5C[C@@H](O)[C@@H](O)[C@H](C)O5)c(O)c4c(O)c3C(=O)C21O. The third-order valence-electron chi connectivity index (χ3n) is 25.6. The van der Waals surface area contributed by atoms with Gasteiger partial charge in [-0.2, -0.15) is 0 Å². The molecule has 6 aliphatic heterocycles. The number of Topliss-reactive ketones (excluding diaryl/α,β-unsaturated/α-hetero) is 5. The first-order chi connectivity index (χ1) is 52.4. The zero-order chi connectivity index (χ0) is 80.4. The molecule has 3 aromatic rings. The van der Waals surface area contributed by atoms with E-state index in [0.717, 1.165) is 21.3 Å². The molecule has 0 aromatic heterocycles. The molecule has 5 aliphatic carbocycles. The van der Waals surface area contributed by atoms with Crippen molar-refractivity contribution in [3.05, 3.63) is 50.8 Å². The van der Waals surface area contributed by atoms with Crippen LogP contribution in [-0.2, 0) is 68.1 Å².